The van der Waals surface area contributed by atoms with Crippen LogP contribution in [0.4, 0.5) is 0 Å². The van der Waals surface area contributed by atoms with Gasteiger partial charge in [-0.25, -0.2) is 0 Å². The molecule has 0 aliphatic heterocycles. The molecule has 0 spiro atoms. The first-order valence-electron chi connectivity index (χ1n) is 3.72. The van der Waals surface area contributed by atoms with Crippen molar-refractivity contribution in [2.45, 2.75) is 0 Å². The van der Waals surface area contributed by atoms with Gasteiger partial charge in [-0.05, 0) is 12.1 Å². The average Bonchev–Trinajstić information content (AvgIpc) is 2.74. The third-order valence-electron chi connectivity index (χ3n) is 0.580. The molecule has 0 fully saturated rings. The summed E-state index contributed by atoms with van der Waals surface area (Å²) in [7, 11) is 0. The van der Waals surface area contributed by atoms with Crippen molar-refractivity contribution in [1.29, 1.82) is 0 Å². The molecule has 18 heavy (non-hydrogen) atoms. The van der Waals surface area contributed by atoms with Crippen LogP contribution in [0.3, 0.4) is 0 Å². The van der Waals surface area contributed by atoms with Crippen molar-refractivity contribution in [3.05, 3.63) is 31.1 Å². The van der Waals surface area contributed by atoms with E-state index < -0.39 is 0 Å². The van der Waals surface area contributed by atoms with Gasteiger partial charge in [0.25, 0.3) is 25.9 Å². The largest absolute Gasteiger partial charge is 0.483 e. The highest BCUT2D eigenvalue weighted by Crippen LogP contribution is 1.93. The van der Waals surface area contributed by atoms with Gasteiger partial charge in [0.05, 0.1) is 6.26 Å². The van der Waals surface area contributed by atoms with Crippen LogP contribution in [0.2, 0.25) is 0 Å². The Morgan fingerprint density at radius 3 is 1.22 bits per heavy atom. The highest BCUT2D eigenvalue weighted by Gasteiger charge is 1.76. The van der Waals surface area contributed by atoms with Crippen LogP contribution in [0.1, 0.15) is 5.76 Å². The lowest BCUT2D eigenvalue weighted by atomic mass is 10.5. The second-order valence-corrected chi connectivity index (χ2v) is 1.50. The molecule has 0 aliphatic rings. The van der Waals surface area contributed by atoms with Crippen LogP contribution in [0.15, 0.2) is 22.8 Å². The van der Waals surface area contributed by atoms with E-state index in [2.05, 4.69) is 6.92 Å². The fourth-order valence-corrected chi connectivity index (χ4v) is 0.313. The summed E-state index contributed by atoms with van der Waals surface area (Å²) >= 11 is 0. The average molecular weight is 265 g/mol. The predicted octanol–water partition coefficient (Wildman–Crippen LogP) is 0.265. The molecule has 0 unspecified atom stereocenters. The van der Waals surface area contributed by atoms with E-state index in [1.54, 1.807) is 12.3 Å². The minimum absolute atomic E-state index is 0.250. The fourth-order valence-electron chi connectivity index (χ4n) is 0.313. The van der Waals surface area contributed by atoms with Gasteiger partial charge < -0.3 is 24.8 Å². The molecule has 103 valence electrons. The molecule has 0 aromatic carbocycles. The van der Waals surface area contributed by atoms with E-state index in [4.69, 9.17) is 44.0 Å². The van der Waals surface area contributed by atoms with Crippen molar-refractivity contribution in [2.24, 2.45) is 0 Å². The molecule has 0 atom stereocenters. The van der Waals surface area contributed by atoms with E-state index in [1.165, 1.54) is 0 Å². The number of carbonyl (C=O) groups is 4. The molecule has 1 aromatic rings. The molecular formula is C9H13O9. The van der Waals surface area contributed by atoms with Gasteiger partial charge >= 0.3 is 0 Å². The smallest absolute Gasteiger partial charge is 0.290 e. The van der Waals surface area contributed by atoms with Gasteiger partial charge in [-0.15, -0.1) is 0 Å². The Kier molecular flexibility index (Phi) is 49.9. The molecule has 0 amide bonds. The van der Waals surface area contributed by atoms with Gasteiger partial charge in [-0.2, -0.15) is 0 Å². The summed E-state index contributed by atoms with van der Waals surface area (Å²) in [6, 6.07) is 3.61. The quantitative estimate of drug-likeness (QED) is 0.482. The zero-order valence-corrected chi connectivity index (χ0v) is 9.08. The second-order valence-electron chi connectivity index (χ2n) is 1.50. The Morgan fingerprint density at radius 2 is 1.17 bits per heavy atom. The summed E-state index contributed by atoms with van der Waals surface area (Å²) < 4.78 is 4.72. The minimum Gasteiger partial charge on any atom is -0.483 e. The molecule has 0 aliphatic carbocycles. The highest BCUT2D eigenvalue weighted by molar-refractivity contribution is 5.33. The molecular weight excluding hydrogens is 252 g/mol. The van der Waals surface area contributed by atoms with Gasteiger partial charge in [-0.1, -0.05) is 0 Å². The fraction of sp³-hybridized carbons (Fsp3) is 0. The number of carboxylic acid groups (broad SMARTS) is 4. The molecule has 9 nitrogen and oxygen atoms in total. The zero-order valence-electron chi connectivity index (χ0n) is 9.08. The number of hydrogen-bond acceptors (Lipinski definition) is 5. The lowest BCUT2D eigenvalue weighted by molar-refractivity contribution is -0.123. The van der Waals surface area contributed by atoms with Crippen LogP contribution >= 0.6 is 0 Å². The van der Waals surface area contributed by atoms with Crippen molar-refractivity contribution in [3.8, 4) is 0 Å². The Balaban J connectivity index is -0.0000000723. The van der Waals surface area contributed by atoms with Gasteiger partial charge in [0, 0.05) is 6.92 Å². The first-order valence-corrected chi connectivity index (χ1v) is 3.72. The van der Waals surface area contributed by atoms with Gasteiger partial charge in [0.2, 0.25) is 0 Å². The second kappa shape index (κ2) is 36.8. The SMILES string of the molecule is O=CO.O=CO.O=CO.O=CO.[CH2]c1ccco1. The lowest BCUT2D eigenvalue weighted by Crippen LogP contribution is -1.49. The van der Waals surface area contributed by atoms with E-state index in [0.717, 1.165) is 5.76 Å². The molecule has 4 N–H and O–H groups in total. The summed E-state index contributed by atoms with van der Waals surface area (Å²) in [4.78, 5) is 33.4. The third-order valence-corrected chi connectivity index (χ3v) is 0.580. The van der Waals surface area contributed by atoms with E-state index in [-0.39, 0.29) is 25.9 Å². The summed E-state index contributed by atoms with van der Waals surface area (Å²) in [5.41, 5.74) is 0. The maximum Gasteiger partial charge on any atom is 0.290 e. The summed E-state index contributed by atoms with van der Waals surface area (Å²) in [5.74, 6) is 0.718. The molecule has 0 bridgehead atoms. The molecule has 0 saturated heterocycles. The molecule has 1 radical (unpaired) electrons. The first-order chi connectivity index (χ1) is 8.55. The maximum absolute atomic E-state index is 8.36. The maximum atomic E-state index is 8.36. The third kappa shape index (κ3) is 112. The zero-order chi connectivity index (χ0) is 15.2. The van der Waals surface area contributed by atoms with Gasteiger partial charge in [-0.3, -0.25) is 19.2 Å². The highest BCUT2D eigenvalue weighted by atomic mass is 16.4. The summed E-state index contributed by atoms with van der Waals surface area (Å²) in [6.07, 6.45) is 1.60. The first kappa shape index (κ1) is 24.4. The standard InChI is InChI=1S/C5H5O.4CH2O2/c1-5-3-2-4-6-5;4*2-1-3/h2-4H,1H2;4*1H,(H,2,3). The van der Waals surface area contributed by atoms with Crippen LogP contribution in [-0.2, 0) is 19.2 Å². The molecule has 1 rings (SSSR count). The minimum atomic E-state index is -0.250. The normalized spacial score (nSPS) is 5.61. The van der Waals surface area contributed by atoms with Crippen LogP contribution in [0.5, 0.6) is 0 Å². The van der Waals surface area contributed by atoms with Crippen molar-refractivity contribution in [2.75, 3.05) is 0 Å². The Hall–Kier alpha value is -2.84. The van der Waals surface area contributed by atoms with E-state index in [9.17, 15) is 0 Å². The predicted molar refractivity (Wildman–Crippen MR) is 57.9 cm³/mol. The van der Waals surface area contributed by atoms with Crippen LogP contribution < -0.4 is 0 Å². The van der Waals surface area contributed by atoms with Crippen LogP contribution in [-0.4, -0.2) is 46.3 Å². The van der Waals surface area contributed by atoms with Crippen LogP contribution in [0, 0.1) is 6.92 Å². The number of hydrogen-bond donors (Lipinski definition) is 4. The molecule has 1 heterocycles. The van der Waals surface area contributed by atoms with Crippen molar-refractivity contribution in [3.63, 3.8) is 0 Å². The lowest BCUT2D eigenvalue weighted by Gasteiger charge is -1.68. The summed E-state index contributed by atoms with van der Waals surface area (Å²) in [6.45, 7) is 2.51. The monoisotopic (exact) mass is 265 g/mol. The van der Waals surface area contributed by atoms with E-state index in [1.807, 2.05) is 6.07 Å². The molecule has 9 heteroatoms. The number of furan rings is 1. The Labute approximate surface area is 102 Å². The van der Waals surface area contributed by atoms with Crippen molar-refractivity contribution >= 4 is 25.9 Å². The van der Waals surface area contributed by atoms with Crippen LogP contribution in [0.25, 0.3) is 0 Å². The molecule has 0 saturated carbocycles. The van der Waals surface area contributed by atoms with Gasteiger partial charge in [0.15, 0.2) is 0 Å². The number of rotatable bonds is 0. The summed E-state index contributed by atoms with van der Waals surface area (Å²) in [5, 5.41) is 27.6. The topological polar surface area (TPSA) is 162 Å². The van der Waals surface area contributed by atoms with Crippen molar-refractivity contribution in [1.82, 2.24) is 0 Å². The van der Waals surface area contributed by atoms with E-state index >= 15 is 0 Å². The van der Waals surface area contributed by atoms with Gasteiger partial charge in [0.1, 0.15) is 5.76 Å². The van der Waals surface area contributed by atoms with E-state index in [0.29, 0.717) is 0 Å². The van der Waals surface area contributed by atoms with Crippen molar-refractivity contribution < 1.29 is 44.0 Å². The Morgan fingerprint density at radius 1 is 0.889 bits per heavy atom. The molecule has 1 aromatic heterocycles. The Bertz CT molecular complexity index is 231.